The summed E-state index contributed by atoms with van der Waals surface area (Å²) in [5, 5.41) is 31.0. The average molecular weight is 385 g/mol. The molecule has 0 aromatic heterocycles. The Morgan fingerprint density at radius 1 is 1.43 bits per heavy atom. The SMILES string of the molecule is COc1cc([C@H]2C(C#N)=C(N)OC3=C2C(=O)CC(C)(C)C3)cc([N+](=O)[O-])c1O. The standard InChI is InChI=1S/C19H19N3O6/c1-19(2)6-12(23)16-14(7-19)28-18(21)10(8-20)15(16)9-4-11(22(25)26)17(24)13(5-9)27-3/h4-5,15,24H,6-7,21H2,1-3H3/t15-/m0/s1. The zero-order chi connectivity index (χ0) is 20.8. The first-order chi connectivity index (χ1) is 13.1. The number of Topliss-reactive ketones (excluding diaryl/α,β-unsaturated/α-hetero) is 1. The fraction of sp³-hybridized carbons (Fsp3) is 0.368. The van der Waals surface area contributed by atoms with Crippen LogP contribution in [-0.2, 0) is 9.53 Å². The number of aromatic hydroxyl groups is 1. The van der Waals surface area contributed by atoms with E-state index in [9.17, 15) is 25.3 Å². The fourth-order valence-corrected chi connectivity index (χ4v) is 3.69. The van der Waals surface area contributed by atoms with Crippen molar-refractivity contribution in [1.82, 2.24) is 0 Å². The van der Waals surface area contributed by atoms with Crippen molar-refractivity contribution in [3.8, 4) is 17.6 Å². The van der Waals surface area contributed by atoms with Crippen molar-refractivity contribution in [2.75, 3.05) is 7.11 Å². The second kappa shape index (κ2) is 6.56. The van der Waals surface area contributed by atoms with Gasteiger partial charge in [0.15, 0.2) is 11.5 Å². The predicted molar refractivity (Wildman–Crippen MR) is 97.0 cm³/mol. The Morgan fingerprint density at radius 2 is 2.11 bits per heavy atom. The lowest BCUT2D eigenvalue weighted by atomic mass is 9.70. The van der Waals surface area contributed by atoms with Crippen LogP contribution < -0.4 is 10.5 Å². The molecule has 1 heterocycles. The normalized spacial score (nSPS) is 20.9. The molecule has 1 aromatic rings. The van der Waals surface area contributed by atoms with Gasteiger partial charge in [0.25, 0.3) is 0 Å². The van der Waals surface area contributed by atoms with E-state index in [1.54, 1.807) is 0 Å². The number of phenols is 1. The molecular weight excluding hydrogens is 366 g/mol. The van der Waals surface area contributed by atoms with Gasteiger partial charge in [-0.2, -0.15) is 5.26 Å². The molecule has 0 radical (unpaired) electrons. The summed E-state index contributed by atoms with van der Waals surface area (Å²) in [6, 6.07) is 4.43. The zero-order valence-corrected chi connectivity index (χ0v) is 15.6. The van der Waals surface area contributed by atoms with Gasteiger partial charge >= 0.3 is 5.69 Å². The number of hydrogen-bond acceptors (Lipinski definition) is 8. The van der Waals surface area contributed by atoms with E-state index < -0.39 is 22.3 Å². The molecule has 9 nitrogen and oxygen atoms in total. The number of methoxy groups -OCH3 is 1. The maximum Gasteiger partial charge on any atom is 0.314 e. The number of hydrogen-bond donors (Lipinski definition) is 2. The quantitative estimate of drug-likeness (QED) is 0.596. The first-order valence-electron chi connectivity index (χ1n) is 8.48. The summed E-state index contributed by atoms with van der Waals surface area (Å²) in [7, 11) is 1.25. The van der Waals surface area contributed by atoms with Gasteiger partial charge in [0, 0.05) is 24.5 Å². The van der Waals surface area contributed by atoms with Crippen LogP contribution in [-0.4, -0.2) is 22.9 Å². The number of nitro groups is 1. The summed E-state index contributed by atoms with van der Waals surface area (Å²) in [6.07, 6.45) is 0.670. The minimum absolute atomic E-state index is 0.0196. The van der Waals surface area contributed by atoms with Crippen LogP contribution in [0.1, 0.15) is 38.2 Å². The lowest BCUT2D eigenvalue weighted by molar-refractivity contribution is -0.386. The van der Waals surface area contributed by atoms with Crippen LogP contribution in [0.4, 0.5) is 5.69 Å². The number of carbonyl (C=O) groups is 1. The van der Waals surface area contributed by atoms with Crippen molar-refractivity contribution >= 4 is 11.5 Å². The highest BCUT2D eigenvalue weighted by molar-refractivity contribution is 6.00. The Kier molecular flexibility index (Phi) is 4.51. The molecular formula is C19H19N3O6. The molecule has 1 aliphatic heterocycles. The van der Waals surface area contributed by atoms with Crippen LogP contribution >= 0.6 is 0 Å². The van der Waals surface area contributed by atoms with Gasteiger partial charge in [0.05, 0.1) is 18.0 Å². The van der Waals surface area contributed by atoms with Crippen LogP contribution in [0.25, 0.3) is 0 Å². The molecule has 2 aliphatic rings. The Labute approximate surface area is 160 Å². The summed E-state index contributed by atoms with van der Waals surface area (Å²) in [6.45, 7) is 3.84. The van der Waals surface area contributed by atoms with Gasteiger partial charge < -0.3 is 20.3 Å². The molecule has 0 saturated heterocycles. The molecule has 3 N–H and O–H groups in total. The molecule has 146 valence electrons. The second-order valence-electron chi connectivity index (χ2n) is 7.55. The molecule has 1 aliphatic carbocycles. The lowest BCUT2D eigenvalue weighted by Gasteiger charge is -2.37. The molecule has 28 heavy (non-hydrogen) atoms. The van der Waals surface area contributed by atoms with Crippen molar-refractivity contribution in [3.63, 3.8) is 0 Å². The van der Waals surface area contributed by atoms with Crippen molar-refractivity contribution in [1.29, 1.82) is 5.26 Å². The van der Waals surface area contributed by atoms with Gasteiger partial charge in [-0.25, -0.2) is 0 Å². The van der Waals surface area contributed by atoms with Crippen LogP contribution in [0, 0.1) is 26.9 Å². The lowest BCUT2D eigenvalue weighted by Crippen LogP contribution is -2.33. The third-order valence-corrected chi connectivity index (χ3v) is 4.90. The second-order valence-corrected chi connectivity index (χ2v) is 7.55. The van der Waals surface area contributed by atoms with Crippen LogP contribution in [0.5, 0.6) is 11.5 Å². The van der Waals surface area contributed by atoms with Gasteiger partial charge in [-0.1, -0.05) is 13.8 Å². The summed E-state index contributed by atoms with van der Waals surface area (Å²) >= 11 is 0. The number of allylic oxidation sites excluding steroid dienone is 3. The van der Waals surface area contributed by atoms with E-state index in [2.05, 4.69) is 0 Å². The minimum atomic E-state index is -0.939. The summed E-state index contributed by atoms with van der Waals surface area (Å²) in [4.78, 5) is 23.5. The Hall–Kier alpha value is -3.54. The number of phenolic OH excluding ortho intramolecular Hbond substituents is 1. The van der Waals surface area contributed by atoms with E-state index in [-0.39, 0.29) is 46.0 Å². The highest BCUT2D eigenvalue weighted by Gasteiger charge is 2.43. The number of rotatable bonds is 3. The molecule has 1 aromatic carbocycles. The van der Waals surface area contributed by atoms with Gasteiger partial charge in [0.2, 0.25) is 11.6 Å². The smallest absolute Gasteiger partial charge is 0.314 e. The molecule has 1 atom stereocenters. The van der Waals surface area contributed by atoms with Crippen molar-refractivity contribution in [2.24, 2.45) is 11.1 Å². The molecule has 3 rings (SSSR count). The highest BCUT2D eigenvalue weighted by Crippen LogP contribution is 2.50. The number of ketones is 1. The van der Waals surface area contributed by atoms with E-state index in [1.807, 2.05) is 19.9 Å². The molecule has 0 saturated carbocycles. The average Bonchev–Trinajstić information content (AvgIpc) is 2.59. The minimum Gasteiger partial charge on any atom is -0.500 e. The number of carbonyl (C=O) groups excluding carboxylic acids is 1. The van der Waals surface area contributed by atoms with Crippen molar-refractivity contribution in [2.45, 2.75) is 32.6 Å². The molecule has 0 amide bonds. The molecule has 0 unspecified atom stereocenters. The van der Waals surface area contributed by atoms with Gasteiger partial charge in [0.1, 0.15) is 17.4 Å². The van der Waals surface area contributed by atoms with Gasteiger partial charge in [-0.15, -0.1) is 0 Å². The van der Waals surface area contributed by atoms with E-state index in [1.165, 1.54) is 13.2 Å². The Balaban J connectivity index is 2.28. The first kappa shape index (κ1) is 19.2. The van der Waals surface area contributed by atoms with Crippen molar-refractivity contribution in [3.05, 3.63) is 50.6 Å². The topological polar surface area (TPSA) is 149 Å². The highest BCUT2D eigenvalue weighted by atomic mass is 16.6. The Bertz CT molecular complexity index is 1000. The fourth-order valence-electron chi connectivity index (χ4n) is 3.69. The third kappa shape index (κ3) is 3.03. The first-order valence-corrected chi connectivity index (χ1v) is 8.48. The van der Waals surface area contributed by atoms with Gasteiger partial charge in [-0.05, 0) is 17.0 Å². The zero-order valence-electron chi connectivity index (χ0n) is 15.6. The number of nitrogens with zero attached hydrogens (tertiary/aromatic N) is 2. The number of nitriles is 1. The molecule has 0 fully saturated rings. The van der Waals surface area contributed by atoms with E-state index in [0.29, 0.717) is 12.2 Å². The maximum absolute atomic E-state index is 12.9. The van der Waals surface area contributed by atoms with E-state index in [0.717, 1.165) is 6.07 Å². The molecule has 0 bridgehead atoms. The summed E-state index contributed by atoms with van der Waals surface area (Å²) in [5.74, 6) is -1.72. The monoisotopic (exact) mass is 385 g/mol. The van der Waals surface area contributed by atoms with Crippen LogP contribution in [0.2, 0.25) is 0 Å². The number of nitro benzene ring substituents is 1. The van der Waals surface area contributed by atoms with Crippen LogP contribution in [0.15, 0.2) is 34.9 Å². The third-order valence-electron chi connectivity index (χ3n) is 4.90. The van der Waals surface area contributed by atoms with Crippen LogP contribution in [0.3, 0.4) is 0 Å². The number of nitrogens with two attached hydrogens (primary N) is 1. The summed E-state index contributed by atoms with van der Waals surface area (Å²) < 4.78 is 10.6. The maximum atomic E-state index is 12.9. The number of benzene rings is 1. The largest absolute Gasteiger partial charge is 0.500 e. The summed E-state index contributed by atoms with van der Waals surface area (Å²) in [5.41, 5.74) is 5.47. The Morgan fingerprint density at radius 3 is 2.68 bits per heavy atom. The predicted octanol–water partition coefficient (Wildman–Crippen LogP) is 2.76. The molecule has 9 heteroatoms. The van der Waals surface area contributed by atoms with E-state index in [4.69, 9.17) is 15.2 Å². The van der Waals surface area contributed by atoms with Gasteiger partial charge in [-0.3, -0.25) is 14.9 Å². The number of ether oxygens (including phenoxy) is 2. The van der Waals surface area contributed by atoms with E-state index >= 15 is 0 Å². The molecule has 0 spiro atoms. The van der Waals surface area contributed by atoms with Crippen molar-refractivity contribution < 1.29 is 24.3 Å².